The van der Waals surface area contributed by atoms with Crippen LogP contribution in [0.3, 0.4) is 0 Å². The Morgan fingerprint density at radius 2 is 1.89 bits per heavy atom. The van der Waals surface area contributed by atoms with Gasteiger partial charge < -0.3 is 9.84 Å². The number of rotatable bonds is 6. The lowest BCUT2D eigenvalue weighted by Gasteiger charge is -2.04. The molecule has 2 aromatic heterocycles. The monoisotopic (exact) mass is 410 g/mol. The molecular weight excluding hydrogens is 392 g/mol. The number of hydrogen-bond donors (Lipinski definition) is 2. The second kappa shape index (κ2) is 8.04. The molecule has 8 heteroatoms. The molecule has 0 fully saturated rings. The summed E-state index contributed by atoms with van der Waals surface area (Å²) in [5.41, 5.74) is 4.10. The van der Waals surface area contributed by atoms with Crippen molar-refractivity contribution in [2.45, 2.75) is 17.8 Å². The molecule has 4 rings (SSSR count). The predicted octanol–water partition coefficient (Wildman–Crippen LogP) is 4.91. The topological polar surface area (TPSA) is 83.9 Å². The number of benzene rings is 2. The van der Waals surface area contributed by atoms with Gasteiger partial charge in [-0.25, -0.2) is 9.97 Å². The van der Waals surface area contributed by atoms with Gasteiger partial charge in [-0.15, -0.1) is 16.4 Å². The van der Waals surface area contributed by atoms with E-state index in [4.69, 9.17) is 4.74 Å². The Balaban J connectivity index is 1.43. The first kappa shape index (κ1) is 18.5. The Morgan fingerprint density at radius 1 is 1.11 bits per heavy atom. The van der Waals surface area contributed by atoms with Crippen molar-refractivity contribution in [2.24, 2.45) is 0 Å². The van der Waals surface area contributed by atoms with Gasteiger partial charge in [0.25, 0.3) is 0 Å². The number of thioether (sulfide) groups is 1. The molecule has 0 spiro atoms. The Hall–Kier alpha value is -2.84. The van der Waals surface area contributed by atoms with E-state index in [1.165, 1.54) is 24.4 Å². The molecule has 28 heavy (non-hydrogen) atoms. The summed E-state index contributed by atoms with van der Waals surface area (Å²) < 4.78 is 5.17. The maximum absolute atomic E-state index is 9.73. The van der Waals surface area contributed by atoms with E-state index in [0.29, 0.717) is 16.7 Å². The van der Waals surface area contributed by atoms with Crippen molar-refractivity contribution in [3.63, 3.8) is 0 Å². The summed E-state index contributed by atoms with van der Waals surface area (Å²) >= 11 is 3.09. The molecular formula is C20H18N4O2S2. The summed E-state index contributed by atoms with van der Waals surface area (Å²) in [6.45, 7) is 2.06. The maximum Gasteiger partial charge on any atom is 0.209 e. The first-order valence-electron chi connectivity index (χ1n) is 8.56. The fourth-order valence-electron chi connectivity index (χ4n) is 2.61. The number of phenolic OH excluding ortho intramolecular Hbond substituents is 1. The Morgan fingerprint density at radius 3 is 2.68 bits per heavy atom. The van der Waals surface area contributed by atoms with Gasteiger partial charge in [-0.3, -0.25) is 5.10 Å². The molecule has 2 heterocycles. The summed E-state index contributed by atoms with van der Waals surface area (Å²) in [6, 6.07) is 13.4. The van der Waals surface area contributed by atoms with Crippen LogP contribution in [0.2, 0.25) is 0 Å². The molecule has 0 radical (unpaired) electrons. The third-order valence-electron chi connectivity index (χ3n) is 4.12. The van der Waals surface area contributed by atoms with Crippen LogP contribution in [0.15, 0.2) is 53.0 Å². The predicted molar refractivity (Wildman–Crippen MR) is 112 cm³/mol. The number of nitrogens with zero attached hydrogens (tertiary/aromatic N) is 3. The molecule has 0 saturated heterocycles. The van der Waals surface area contributed by atoms with Crippen molar-refractivity contribution in [1.82, 2.24) is 20.2 Å². The molecule has 2 N–H and O–H groups in total. The lowest BCUT2D eigenvalue weighted by Crippen LogP contribution is -1.86. The summed E-state index contributed by atoms with van der Waals surface area (Å²) in [6.07, 6.45) is 0. The van der Waals surface area contributed by atoms with Gasteiger partial charge in [0, 0.05) is 22.3 Å². The normalized spacial score (nSPS) is 10.9. The van der Waals surface area contributed by atoms with E-state index in [1.54, 1.807) is 23.5 Å². The highest BCUT2D eigenvalue weighted by Gasteiger charge is 2.11. The molecule has 2 aromatic carbocycles. The molecule has 0 aliphatic heterocycles. The first-order valence-corrected chi connectivity index (χ1v) is 10.4. The molecule has 0 aliphatic rings. The smallest absolute Gasteiger partial charge is 0.209 e. The van der Waals surface area contributed by atoms with Crippen molar-refractivity contribution in [1.29, 1.82) is 0 Å². The zero-order valence-electron chi connectivity index (χ0n) is 15.3. The molecule has 142 valence electrons. The van der Waals surface area contributed by atoms with Crippen molar-refractivity contribution in [2.75, 3.05) is 7.11 Å². The van der Waals surface area contributed by atoms with Crippen molar-refractivity contribution in [3.8, 4) is 33.5 Å². The highest BCUT2D eigenvalue weighted by molar-refractivity contribution is 7.98. The lowest BCUT2D eigenvalue weighted by atomic mass is 10.1. The molecule has 4 aromatic rings. The van der Waals surface area contributed by atoms with Crippen LogP contribution in [0.1, 0.15) is 11.3 Å². The van der Waals surface area contributed by atoms with E-state index in [0.717, 1.165) is 27.7 Å². The first-order chi connectivity index (χ1) is 13.6. The van der Waals surface area contributed by atoms with Crippen LogP contribution < -0.4 is 4.74 Å². The summed E-state index contributed by atoms with van der Waals surface area (Å²) in [4.78, 5) is 9.22. The molecule has 0 bridgehead atoms. The molecule has 0 amide bonds. The average Bonchev–Trinajstić information content (AvgIpc) is 3.37. The largest absolute Gasteiger partial charge is 0.504 e. The number of nitrogens with one attached hydrogen (secondary N) is 1. The van der Waals surface area contributed by atoms with Gasteiger partial charge in [-0.1, -0.05) is 41.6 Å². The zero-order chi connectivity index (χ0) is 19.5. The highest BCUT2D eigenvalue weighted by atomic mass is 32.2. The van der Waals surface area contributed by atoms with Crippen LogP contribution in [0.4, 0.5) is 0 Å². The number of aromatic amines is 1. The standard InChI is InChI=1S/C20H18N4O2S2/c1-12-3-5-13(6-4-12)18-22-20(24-23-18)28-11-15-10-27-19(21-15)14-7-8-16(25)17(9-14)26-2/h3-10,25H,11H2,1-2H3,(H,22,23,24). The SMILES string of the molecule is COc1cc(-c2nc(CSc3n[nH]c(-c4ccc(C)cc4)n3)cs2)ccc1O. The maximum atomic E-state index is 9.73. The fourth-order valence-corrected chi connectivity index (χ4v) is 4.22. The molecule has 0 atom stereocenters. The van der Waals surface area contributed by atoms with E-state index in [1.807, 2.05) is 23.6 Å². The summed E-state index contributed by atoms with van der Waals surface area (Å²) in [5, 5.41) is 20.6. The third-order valence-corrected chi connectivity index (χ3v) is 5.94. The number of aromatic hydroxyl groups is 1. The number of hydrogen-bond acceptors (Lipinski definition) is 7. The van der Waals surface area contributed by atoms with Crippen LogP contribution in [-0.2, 0) is 5.75 Å². The van der Waals surface area contributed by atoms with Gasteiger partial charge >= 0.3 is 0 Å². The molecule has 0 unspecified atom stereocenters. The lowest BCUT2D eigenvalue weighted by molar-refractivity contribution is 0.373. The van der Waals surface area contributed by atoms with E-state index < -0.39 is 0 Å². The number of thiazole rings is 1. The second-order valence-electron chi connectivity index (χ2n) is 6.15. The number of aryl methyl sites for hydroxylation is 1. The number of phenols is 1. The zero-order valence-corrected chi connectivity index (χ0v) is 17.0. The van der Waals surface area contributed by atoms with Crippen LogP contribution >= 0.6 is 23.1 Å². The number of H-pyrrole nitrogens is 1. The fraction of sp³-hybridized carbons (Fsp3) is 0.150. The van der Waals surface area contributed by atoms with Gasteiger partial charge in [0.1, 0.15) is 5.01 Å². The minimum absolute atomic E-state index is 0.118. The minimum atomic E-state index is 0.118. The minimum Gasteiger partial charge on any atom is -0.504 e. The summed E-state index contributed by atoms with van der Waals surface area (Å²) in [7, 11) is 1.53. The highest BCUT2D eigenvalue weighted by Crippen LogP contribution is 2.33. The van der Waals surface area contributed by atoms with Crippen LogP contribution in [0, 0.1) is 6.92 Å². The van der Waals surface area contributed by atoms with Crippen LogP contribution in [-0.4, -0.2) is 32.4 Å². The average molecular weight is 411 g/mol. The Kier molecular flexibility index (Phi) is 5.31. The van der Waals surface area contributed by atoms with E-state index >= 15 is 0 Å². The number of methoxy groups -OCH3 is 1. The molecule has 0 aliphatic carbocycles. The Labute approximate surface area is 170 Å². The van der Waals surface area contributed by atoms with Gasteiger partial charge in [-0.05, 0) is 25.1 Å². The van der Waals surface area contributed by atoms with E-state index in [9.17, 15) is 5.11 Å². The molecule has 0 saturated carbocycles. The van der Waals surface area contributed by atoms with Crippen LogP contribution in [0.5, 0.6) is 11.5 Å². The summed E-state index contributed by atoms with van der Waals surface area (Å²) in [5.74, 6) is 2.00. The van der Waals surface area contributed by atoms with E-state index in [2.05, 4.69) is 39.2 Å². The van der Waals surface area contributed by atoms with Crippen molar-refractivity contribution >= 4 is 23.1 Å². The van der Waals surface area contributed by atoms with Gasteiger partial charge in [0.15, 0.2) is 17.3 Å². The van der Waals surface area contributed by atoms with Crippen molar-refractivity contribution < 1.29 is 9.84 Å². The number of ether oxygens (including phenoxy) is 1. The van der Waals surface area contributed by atoms with Gasteiger partial charge in [-0.2, -0.15) is 0 Å². The second-order valence-corrected chi connectivity index (χ2v) is 7.95. The van der Waals surface area contributed by atoms with Gasteiger partial charge in [0.2, 0.25) is 5.16 Å². The third kappa shape index (κ3) is 4.02. The molecule has 6 nitrogen and oxygen atoms in total. The quantitative estimate of drug-likeness (QED) is 0.439. The van der Waals surface area contributed by atoms with E-state index in [-0.39, 0.29) is 5.75 Å². The number of aromatic nitrogens is 4. The Bertz CT molecular complexity index is 1090. The van der Waals surface area contributed by atoms with Gasteiger partial charge in [0.05, 0.1) is 12.8 Å². The van der Waals surface area contributed by atoms with Crippen LogP contribution in [0.25, 0.3) is 22.0 Å². The van der Waals surface area contributed by atoms with Crippen molar-refractivity contribution in [3.05, 3.63) is 59.1 Å².